The topological polar surface area (TPSA) is 55.3 Å². The van der Waals surface area contributed by atoms with Crippen LogP contribution in [0.4, 0.5) is 4.39 Å². The lowest BCUT2D eigenvalue weighted by atomic mass is 10.2. The van der Waals surface area contributed by atoms with Crippen LogP contribution in [-0.4, -0.2) is 31.1 Å². The minimum atomic E-state index is -0.252. The molecule has 0 saturated heterocycles. The van der Waals surface area contributed by atoms with Gasteiger partial charge in [-0.3, -0.25) is 0 Å². The van der Waals surface area contributed by atoms with Gasteiger partial charge in [-0.05, 0) is 25.2 Å². The molecule has 1 atom stereocenters. The summed E-state index contributed by atoms with van der Waals surface area (Å²) in [5, 5.41) is 0.535. The Balaban J connectivity index is 2.61. The molecule has 1 aromatic carbocycles. The van der Waals surface area contributed by atoms with Crippen LogP contribution in [-0.2, 0) is 6.54 Å². The molecule has 0 aromatic heterocycles. The highest BCUT2D eigenvalue weighted by Gasteiger charge is 2.09. The van der Waals surface area contributed by atoms with Gasteiger partial charge in [-0.2, -0.15) is 0 Å². The van der Waals surface area contributed by atoms with Gasteiger partial charge in [-0.15, -0.1) is 0 Å². The first-order valence-electron chi connectivity index (χ1n) is 5.11. The zero-order valence-corrected chi connectivity index (χ0v) is 10.0. The molecule has 16 heavy (non-hydrogen) atoms. The van der Waals surface area contributed by atoms with Crippen molar-refractivity contribution < 1.29 is 4.39 Å². The molecular formula is C11H17ClFN3. The zero-order valence-electron chi connectivity index (χ0n) is 9.29. The Morgan fingerprint density at radius 3 is 2.81 bits per heavy atom. The molecule has 0 radical (unpaired) electrons. The molecule has 0 amide bonds. The van der Waals surface area contributed by atoms with E-state index in [-0.39, 0.29) is 11.9 Å². The first-order chi connectivity index (χ1) is 7.52. The molecule has 0 aliphatic heterocycles. The minimum Gasteiger partial charge on any atom is -0.329 e. The van der Waals surface area contributed by atoms with Crippen LogP contribution in [0.25, 0.3) is 0 Å². The van der Waals surface area contributed by atoms with E-state index in [2.05, 4.69) is 0 Å². The molecule has 1 rings (SSSR count). The first kappa shape index (κ1) is 13.4. The van der Waals surface area contributed by atoms with Crippen molar-refractivity contribution >= 4 is 11.6 Å². The molecule has 4 N–H and O–H groups in total. The Morgan fingerprint density at radius 1 is 1.50 bits per heavy atom. The van der Waals surface area contributed by atoms with Gasteiger partial charge >= 0.3 is 0 Å². The van der Waals surface area contributed by atoms with Gasteiger partial charge in [0.2, 0.25) is 0 Å². The second-order valence-electron chi connectivity index (χ2n) is 3.93. The maximum Gasteiger partial charge on any atom is 0.127 e. The van der Waals surface area contributed by atoms with Crippen molar-refractivity contribution in [3.8, 4) is 0 Å². The van der Waals surface area contributed by atoms with E-state index in [9.17, 15) is 4.39 Å². The fourth-order valence-electron chi connectivity index (χ4n) is 1.49. The van der Waals surface area contributed by atoms with E-state index in [1.807, 2.05) is 11.9 Å². The summed E-state index contributed by atoms with van der Waals surface area (Å²) < 4.78 is 13.4. The SMILES string of the molecule is CN(Cc1cc(Cl)ccc1F)CC(N)CN. The third kappa shape index (κ3) is 4.06. The third-order valence-electron chi connectivity index (χ3n) is 2.30. The largest absolute Gasteiger partial charge is 0.329 e. The maximum absolute atomic E-state index is 13.4. The van der Waals surface area contributed by atoms with Crippen LogP contribution in [0.2, 0.25) is 5.02 Å². The Kier molecular flexibility index (Phi) is 5.15. The van der Waals surface area contributed by atoms with E-state index in [0.717, 1.165) is 0 Å². The molecule has 0 bridgehead atoms. The summed E-state index contributed by atoms with van der Waals surface area (Å²) >= 11 is 5.80. The summed E-state index contributed by atoms with van der Waals surface area (Å²) in [5.41, 5.74) is 11.7. The van der Waals surface area contributed by atoms with E-state index in [4.69, 9.17) is 23.1 Å². The number of hydrogen-bond acceptors (Lipinski definition) is 3. The monoisotopic (exact) mass is 245 g/mol. The summed E-state index contributed by atoms with van der Waals surface area (Å²) in [6, 6.07) is 4.44. The second kappa shape index (κ2) is 6.15. The highest BCUT2D eigenvalue weighted by Crippen LogP contribution is 2.16. The van der Waals surface area contributed by atoms with Crippen LogP contribution in [0.5, 0.6) is 0 Å². The van der Waals surface area contributed by atoms with Crippen molar-refractivity contribution in [3.63, 3.8) is 0 Å². The Morgan fingerprint density at radius 2 is 2.19 bits per heavy atom. The number of rotatable bonds is 5. The fourth-order valence-corrected chi connectivity index (χ4v) is 1.69. The van der Waals surface area contributed by atoms with Crippen molar-refractivity contribution in [3.05, 3.63) is 34.6 Å². The van der Waals surface area contributed by atoms with Gasteiger partial charge in [0.15, 0.2) is 0 Å². The van der Waals surface area contributed by atoms with Gasteiger partial charge in [0, 0.05) is 36.3 Å². The summed E-state index contributed by atoms with van der Waals surface area (Å²) in [5.74, 6) is -0.252. The fraction of sp³-hybridized carbons (Fsp3) is 0.455. The van der Waals surface area contributed by atoms with Gasteiger partial charge < -0.3 is 16.4 Å². The van der Waals surface area contributed by atoms with Gasteiger partial charge in [0.25, 0.3) is 0 Å². The van der Waals surface area contributed by atoms with Crippen LogP contribution < -0.4 is 11.5 Å². The third-order valence-corrected chi connectivity index (χ3v) is 2.53. The summed E-state index contributed by atoms with van der Waals surface area (Å²) in [4.78, 5) is 1.92. The quantitative estimate of drug-likeness (QED) is 0.820. The highest BCUT2D eigenvalue weighted by atomic mass is 35.5. The molecule has 0 saturated carbocycles. The van der Waals surface area contributed by atoms with Crippen molar-refractivity contribution in [1.29, 1.82) is 0 Å². The normalized spacial score (nSPS) is 13.1. The number of likely N-dealkylation sites (N-methyl/N-ethyl adjacent to an activating group) is 1. The molecule has 3 nitrogen and oxygen atoms in total. The maximum atomic E-state index is 13.4. The Hall–Kier alpha value is -0.680. The second-order valence-corrected chi connectivity index (χ2v) is 4.36. The summed E-state index contributed by atoms with van der Waals surface area (Å²) in [6.45, 7) is 1.52. The number of benzene rings is 1. The summed E-state index contributed by atoms with van der Waals surface area (Å²) in [7, 11) is 1.87. The highest BCUT2D eigenvalue weighted by molar-refractivity contribution is 6.30. The lowest BCUT2D eigenvalue weighted by molar-refractivity contribution is 0.300. The molecule has 0 aliphatic carbocycles. The molecule has 1 aromatic rings. The molecule has 0 heterocycles. The van der Waals surface area contributed by atoms with Crippen LogP contribution >= 0.6 is 11.6 Å². The number of halogens is 2. The minimum absolute atomic E-state index is 0.0905. The molecule has 1 unspecified atom stereocenters. The van der Waals surface area contributed by atoms with E-state index in [1.165, 1.54) is 12.1 Å². The van der Waals surface area contributed by atoms with Gasteiger partial charge in [0.1, 0.15) is 5.82 Å². The van der Waals surface area contributed by atoms with Crippen LogP contribution in [0.3, 0.4) is 0 Å². The molecule has 0 aliphatic rings. The zero-order chi connectivity index (χ0) is 12.1. The van der Waals surface area contributed by atoms with E-state index in [0.29, 0.717) is 30.2 Å². The van der Waals surface area contributed by atoms with Crippen molar-refractivity contribution in [2.45, 2.75) is 12.6 Å². The van der Waals surface area contributed by atoms with E-state index < -0.39 is 0 Å². The molecule has 90 valence electrons. The number of hydrogen-bond donors (Lipinski definition) is 2. The predicted molar refractivity (Wildman–Crippen MR) is 64.8 cm³/mol. The summed E-state index contributed by atoms with van der Waals surface area (Å²) in [6.07, 6.45) is 0. The lowest BCUT2D eigenvalue weighted by Gasteiger charge is -2.20. The van der Waals surface area contributed by atoms with Gasteiger partial charge in [-0.25, -0.2) is 4.39 Å². The average molecular weight is 246 g/mol. The van der Waals surface area contributed by atoms with E-state index >= 15 is 0 Å². The standard InChI is InChI=1S/C11H17ClFN3/c1-16(7-10(15)5-14)6-8-4-9(12)2-3-11(8)13/h2-4,10H,5-7,14-15H2,1H3. The Bertz CT molecular complexity index is 346. The predicted octanol–water partition coefficient (Wildman–Crippen LogP) is 1.20. The molecule has 5 heteroatoms. The molecule has 0 fully saturated rings. The van der Waals surface area contributed by atoms with Gasteiger partial charge in [-0.1, -0.05) is 11.6 Å². The van der Waals surface area contributed by atoms with Crippen molar-refractivity contribution in [1.82, 2.24) is 4.90 Å². The lowest BCUT2D eigenvalue weighted by Crippen LogP contribution is -2.40. The van der Waals surface area contributed by atoms with Gasteiger partial charge in [0.05, 0.1) is 0 Å². The Labute approximate surface area is 100 Å². The smallest absolute Gasteiger partial charge is 0.127 e. The van der Waals surface area contributed by atoms with Crippen molar-refractivity contribution in [2.75, 3.05) is 20.1 Å². The molecule has 0 spiro atoms. The number of nitrogens with two attached hydrogens (primary N) is 2. The number of nitrogens with zero attached hydrogens (tertiary/aromatic N) is 1. The average Bonchev–Trinajstić information content (AvgIpc) is 2.23. The molecular weight excluding hydrogens is 229 g/mol. The van der Waals surface area contributed by atoms with Crippen LogP contribution in [0, 0.1) is 5.82 Å². The first-order valence-corrected chi connectivity index (χ1v) is 5.49. The van der Waals surface area contributed by atoms with Crippen molar-refractivity contribution in [2.24, 2.45) is 11.5 Å². The van der Waals surface area contributed by atoms with E-state index in [1.54, 1.807) is 6.07 Å². The van der Waals surface area contributed by atoms with Crippen LogP contribution in [0.1, 0.15) is 5.56 Å². The van der Waals surface area contributed by atoms with Crippen LogP contribution in [0.15, 0.2) is 18.2 Å².